The molecule has 0 aliphatic heterocycles. The number of rotatable bonds is 79. The molecule has 0 radical (unpaired) electrons. The minimum absolute atomic E-state index is 0.102. The highest BCUT2D eigenvalue weighted by Crippen LogP contribution is 2.45. The molecule has 0 amide bonds. The quantitative estimate of drug-likeness (QED) is 0.0169. The molecule has 17 nitrogen and oxygen atoms in total. The van der Waals surface area contributed by atoms with Gasteiger partial charge in [0.15, 0.2) is 12.2 Å². The van der Waals surface area contributed by atoms with Crippen molar-refractivity contribution in [3.8, 4) is 0 Å². The maximum Gasteiger partial charge on any atom is 0.472 e. The van der Waals surface area contributed by atoms with E-state index < -0.39 is 97.5 Å². The second-order valence-electron chi connectivity index (χ2n) is 29.0. The molecule has 0 aliphatic rings. The second-order valence-corrected chi connectivity index (χ2v) is 31.9. The Labute approximate surface area is 612 Å². The van der Waals surface area contributed by atoms with Crippen LogP contribution in [0.2, 0.25) is 0 Å². The van der Waals surface area contributed by atoms with Gasteiger partial charge in [-0.3, -0.25) is 37.3 Å². The fourth-order valence-electron chi connectivity index (χ4n) is 12.0. The van der Waals surface area contributed by atoms with Crippen molar-refractivity contribution in [2.75, 3.05) is 39.6 Å². The van der Waals surface area contributed by atoms with Gasteiger partial charge in [-0.25, -0.2) is 9.13 Å². The van der Waals surface area contributed by atoms with Gasteiger partial charge in [0.25, 0.3) is 0 Å². The predicted molar refractivity (Wildman–Crippen MR) is 409 cm³/mol. The third-order valence-corrected chi connectivity index (χ3v) is 20.3. The van der Waals surface area contributed by atoms with E-state index >= 15 is 0 Å². The van der Waals surface area contributed by atoms with Crippen molar-refractivity contribution in [2.45, 2.75) is 425 Å². The normalized spacial score (nSPS) is 14.0. The standard InChI is InChI=1S/C81H154O17P2/c1-6-9-12-15-18-21-24-26-28-29-30-31-32-34-36-41-46-51-56-61-66-80(85)97-77(71-92-79(84)65-60-55-50-45-40-35-33-27-25-22-19-16-13-10-7-2)73-96-100(89,90)94-69-75(82)68-93-99(87,88)95-72-76(70-91-78(83)64-59-54-49-44-38-23-20-17-14-11-8-3)98-81(86)67-62-57-52-47-42-37-39-43-48-53-58-63-74(4)5/h22,25,27,33,74-77,82H,6-21,23-24,26,28-32,34-73H2,1-5H3,(H,87,88)(H,89,90)/b25-22-,33-27-/t75-,76+,77+/m0/s1. The number of hydrogen-bond donors (Lipinski definition) is 3. The van der Waals surface area contributed by atoms with Gasteiger partial charge < -0.3 is 33.8 Å². The van der Waals surface area contributed by atoms with Gasteiger partial charge in [0, 0.05) is 25.7 Å². The van der Waals surface area contributed by atoms with Gasteiger partial charge in [-0.1, -0.05) is 354 Å². The Balaban J connectivity index is 5.27. The lowest BCUT2D eigenvalue weighted by molar-refractivity contribution is -0.161. The van der Waals surface area contributed by atoms with E-state index in [4.69, 9.17) is 37.0 Å². The lowest BCUT2D eigenvalue weighted by Gasteiger charge is -2.21. The van der Waals surface area contributed by atoms with Crippen LogP contribution in [0.15, 0.2) is 24.3 Å². The molecule has 0 aromatic rings. The Morgan fingerprint density at radius 1 is 0.310 bits per heavy atom. The number of phosphoric acid groups is 2. The van der Waals surface area contributed by atoms with Crippen LogP contribution in [-0.2, 0) is 65.4 Å². The molecule has 19 heteroatoms. The molecule has 0 saturated carbocycles. The number of aliphatic hydroxyl groups excluding tert-OH is 1. The van der Waals surface area contributed by atoms with Crippen LogP contribution >= 0.6 is 15.6 Å². The van der Waals surface area contributed by atoms with Crippen LogP contribution < -0.4 is 0 Å². The summed E-state index contributed by atoms with van der Waals surface area (Å²) in [5.41, 5.74) is 0. The molecule has 0 bridgehead atoms. The number of hydrogen-bond acceptors (Lipinski definition) is 15. The van der Waals surface area contributed by atoms with Crippen LogP contribution in [0.1, 0.15) is 407 Å². The third kappa shape index (κ3) is 73.8. The fraction of sp³-hybridized carbons (Fsp3) is 0.901. The summed E-state index contributed by atoms with van der Waals surface area (Å²) in [7, 11) is -9.93. The van der Waals surface area contributed by atoms with Gasteiger partial charge in [0.2, 0.25) is 0 Å². The van der Waals surface area contributed by atoms with Crippen LogP contribution in [0.25, 0.3) is 0 Å². The average molecular weight is 1460 g/mol. The largest absolute Gasteiger partial charge is 0.472 e. The van der Waals surface area contributed by atoms with Crippen molar-refractivity contribution in [1.82, 2.24) is 0 Å². The summed E-state index contributed by atoms with van der Waals surface area (Å²) in [6, 6.07) is 0. The molecule has 0 heterocycles. The SMILES string of the molecule is CCCCCC/C=C\C=C/CCCCCCCC(=O)OC[C@H](COP(=O)(O)OC[C@@H](O)COP(=O)(O)OC[C@@H](COC(=O)CCCCCCCCCCCCC)OC(=O)CCCCCCCCCCCCCC(C)C)OC(=O)CCCCCCCCCCCCCCCCCCCCCC. The van der Waals surface area contributed by atoms with Gasteiger partial charge in [-0.2, -0.15) is 0 Å². The number of unbranched alkanes of at least 4 members (excludes halogenated alkanes) is 48. The summed E-state index contributed by atoms with van der Waals surface area (Å²) in [5.74, 6) is -1.37. The van der Waals surface area contributed by atoms with E-state index in [0.29, 0.717) is 25.7 Å². The molecular formula is C81H154O17P2. The van der Waals surface area contributed by atoms with Crippen molar-refractivity contribution >= 4 is 39.5 Å². The molecule has 100 heavy (non-hydrogen) atoms. The predicted octanol–water partition coefficient (Wildman–Crippen LogP) is 24.0. The molecule has 0 saturated heterocycles. The minimum Gasteiger partial charge on any atom is -0.462 e. The van der Waals surface area contributed by atoms with Crippen LogP contribution in [0, 0.1) is 5.92 Å². The molecule has 0 rings (SSSR count). The summed E-state index contributed by atoms with van der Waals surface area (Å²) >= 11 is 0. The van der Waals surface area contributed by atoms with Gasteiger partial charge >= 0.3 is 39.5 Å². The van der Waals surface area contributed by atoms with Crippen LogP contribution in [0.3, 0.4) is 0 Å². The Hall–Kier alpha value is -2.46. The molecular weight excluding hydrogens is 1310 g/mol. The molecule has 3 N–H and O–H groups in total. The highest BCUT2D eigenvalue weighted by molar-refractivity contribution is 7.47. The van der Waals surface area contributed by atoms with Gasteiger partial charge in [-0.05, 0) is 57.3 Å². The van der Waals surface area contributed by atoms with E-state index in [-0.39, 0.29) is 25.7 Å². The Bertz CT molecular complexity index is 2000. The summed E-state index contributed by atoms with van der Waals surface area (Å²) in [4.78, 5) is 73.0. The van der Waals surface area contributed by atoms with Gasteiger partial charge in [0.05, 0.1) is 26.4 Å². The number of aliphatic hydroxyl groups is 1. The Morgan fingerprint density at radius 2 is 0.540 bits per heavy atom. The van der Waals surface area contributed by atoms with Gasteiger partial charge in [-0.15, -0.1) is 0 Å². The van der Waals surface area contributed by atoms with E-state index in [2.05, 4.69) is 58.9 Å². The smallest absolute Gasteiger partial charge is 0.462 e. The number of carbonyl (C=O) groups is 4. The van der Waals surface area contributed by atoms with Crippen LogP contribution in [0.4, 0.5) is 0 Å². The van der Waals surface area contributed by atoms with E-state index in [1.807, 2.05) is 0 Å². The second kappa shape index (κ2) is 73.4. The highest BCUT2D eigenvalue weighted by atomic mass is 31.2. The third-order valence-electron chi connectivity index (χ3n) is 18.4. The van der Waals surface area contributed by atoms with E-state index in [1.165, 1.54) is 212 Å². The lowest BCUT2D eigenvalue weighted by atomic mass is 10.0. The molecule has 2 unspecified atom stereocenters. The number of ether oxygens (including phenoxy) is 4. The lowest BCUT2D eigenvalue weighted by Crippen LogP contribution is -2.30. The monoisotopic (exact) mass is 1460 g/mol. The summed E-state index contributed by atoms with van der Waals surface area (Å²) in [6.45, 7) is 7.26. The zero-order chi connectivity index (χ0) is 73.4. The maximum absolute atomic E-state index is 13.1. The summed E-state index contributed by atoms with van der Waals surface area (Å²) in [5, 5.41) is 10.6. The topological polar surface area (TPSA) is 237 Å². The van der Waals surface area contributed by atoms with Gasteiger partial charge in [0.1, 0.15) is 19.3 Å². The maximum atomic E-state index is 13.1. The summed E-state index contributed by atoms with van der Waals surface area (Å²) < 4.78 is 68.7. The average Bonchev–Trinajstić information content (AvgIpc) is 1.25. The van der Waals surface area contributed by atoms with Crippen LogP contribution in [0.5, 0.6) is 0 Å². The molecule has 0 aromatic heterocycles. The van der Waals surface area contributed by atoms with Crippen molar-refractivity contribution in [2.24, 2.45) is 5.92 Å². The Kier molecular flexibility index (Phi) is 71.6. The molecule has 590 valence electrons. The Morgan fingerprint density at radius 3 is 0.820 bits per heavy atom. The first-order valence-electron chi connectivity index (χ1n) is 41.5. The van der Waals surface area contributed by atoms with Crippen molar-refractivity contribution in [3.05, 3.63) is 24.3 Å². The highest BCUT2D eigenvalue weighted by Gasteiger charge is 2.30. The van der Waals surface area contributed by atoms with Crippen molar-refractivity contribution in [3.63, 3.8) is 0 Å². The molecule has 0 aliphatic carbocycles. The molecule has 5 atom stereocenters. The number of allylic oxidation sites excluding steroid dienone is 4. The summed E-state index contributed by atoms with van der Waals surface area (Å²) in [6.07, 6.45) is 67.4. The van der Waals surface area contributed by atoms with Crippen LogP contribution in [-0.4, -0.2) is 96.7 Å². The van der Waals surface area contributed by atoms with E-state index in [9.17, 15) is 43.2 Å². The first kappa shape index (κ1) is 97.5. The number of carbonyl (C=O) groups excluding carboxylic acids is 4. The number of phosphoric ester groups is 2. The first-order valence-corrected chi connectivity index (χ1v) is 44.4. The zero-order valence-corrected chi connectivity index (χ0v) is 66.6. The molecule has 0 spiro atoms. The molecule has 0 aromatic carbocycles. The van der Waals surface area contributed by atoms with Crippen molar-refractivity contribution in [1.29, 1.82) is 0 Å². The molecule has 0 fully saturated rings. The van der Waals surface area contributed by atoms with E-state index in [0.717, 1.165) is 115 Å². The minimum atomic E-state index is -4.97. The van der Waals surface area contributed by atoms with Crippen molar-refractivity contribution < 1.29 is 80.2 Å². The fourth-order valence-corrected chi connectivity index (χ4v) is 13.6. The zero-order valence-electron chi connectivity index (χ0n) is 64.8. The first-order chi connectivity index (χ1) is 48.5. The number of esters is 4. The van der Waals surface area contributed by atoms with E-state index in [1.54, 1.807) is 0 Å².